The molecule has 0 bridgehead atoms. The van der Waals surface area contributed by atoms with Crippen LogP contribution >= 0.6 is 24.0 Å². The van der Waals surface area contributed by atoms with Crippen molar-refractivity contribution in [1.82, 2.24) is 25.0 Å². The molecule has 1 atom stereocenters. The summed E-state index contributed by atoms with van der Waals surface area (Å²) >= 11 is 0. The van der Waals surface area contributed by atoms with Crippen molar-refractivity contribution in [3.63, 3.8) is 0 Å². The predicted molar refractivity (Wildman–Crippen MR) is 129 cm³/mol. The van der Waals surface area contributed by atoms with E-state index < -0.39 is 17.8 Å². The summed E-state index contributed by atoms with van der Waals surface area (Å²) in [5.74, 6) is 0.672. The van der Waals surface area contributed by atoms with Gasteiger partial charge < -0.3 is 15.0 Å². The van der Waals surface area contributed by atoms with E-state index in [0.717, 1.165) is 23.4 Å². The van der Waals surface area contributed by atoms with E-state index in [9.17, 15) is 13.2 Å². The van der Waals surface area contributed by atoms with E-state index in [1.807, 2.05) is 29.2 Å². The number of aliphatic imine (C=N–C) groups is 1. The first-order chi connectivity index (χ1) is 15.4. The van der Waals surface area contributed by atoms with Gasteiger partial charge in [-0.3, -0.25) is 4.99 Å². The number of alkyl halides is 3. The van der Waals surface area contributed by atoms with Crippen molar-refractivity contribution in [3.05, 3.63) is 77.9 Å². The van der Waals surface area contributed by atoms with Crippen LogP contribution in [0.25, 0.3) is 5.69 Å². The molecule has 1 aromatic heterocycles. The molecule has 1 N–H and O–H groups in total. The Morgan fingerprint density at radius 3 is 2.67 bits per heavy atom. The lowest BCUT2D eigenvalue weighted by Gasteiger charge is -2.35. The molecule has 0 aliphatic carbocycles. The summed E-state index contributed by atoms with van der Waals surface area (Å²) < 4.78 is 46.7. The summed E-state index contributed by atoms with van der Waals surface area (Å²) in [5.41, 5.74) is 1.79. The summed E-state index contributed by atoms with van der Waals surface area (Å²) in [5, 5.41) is 7.43. The zero-order valence-corrected chi connectivity index (χ0v) is 20.2. The smallest absolute Gasteiger partial charge is 0.370 e. The molecular weight excluding hydrogens is 548 g/mol. The Morgan fingerprint density at radius 2 is 2.00 bits per heavy atom. The first-order valence-corrected chi connectivity index (χ1v) is 10.1. The summed E-state index contributed by atoms with van der Waals surface area (Å²) in [6.45, 7) is 1.96. The van der Waals surface area contributed by atoms with E-state index in [1.54, 1.807) is 24.1 Å². The monoisotopic (exact) mass is 572 g/mol. The van der Waals surface area contributed by atoms with E-state index in [4.69, 9.17) is 4.74 Å². The van der Waals surface area contributed by atoms with Gasteiger partial charge in [0.25, 0.3) is 0 Å². The molecular formula is C22H24F3IN6O. The van der Waals surface area contributed by atoms with Crippen molar-refractivity contribution >= 4 is 29.9 Å². The molecule has 1 saturated heterocycles. The maximum Gasteiger partial charge on any atom is 0.416 e. The Kier molecular flexibility index (Phi) is 8.30. The third-order valence-electron chi connectivity index (χ3n) is 5.23. The molecule has 1 aliphatic heterocycles. The van der Waals surface area contributed by atoms with Crippen molar-refractivity contribution in [3.8, 4) is 5.69 Å². The Labute approximate surface area is 206 Å². The van der Waals surface area contributed by atoms with Gasteiger partial charge in [-0.05, 0) is 35.4 Å². The molecule has 176 valence electrons. The van der Waals surface area contributed by atoms with Crippen LogP contribution in [0.15, 0.2) is 66.2 Å². The highest BCUT2D eigenvalue weighted by molar-refractivity contribution is 14.0. The molecule has 0 amide bonds. The molecule has 4 rings (SSSR count). The van der Waals surface area contributed by atoms with Crippen LogP contribution in [0.4, 0.5) is 13.2 Å². The molecule has 1 fully saturated rings. The third-order valence-corrected chi connectivity index (χ3v) is 5.23. The number of guanidine groups is 1. The number of hydrogen-bond donors (Lipinski definition) is 1. The molecule has 0 saturated carbocycles. The lowest BCUT2D eigenvalue weighted by molar-refractivity contribution is -0.137. The maximum atomic E-state index is 13.1. The Bertz CT molecular complexity index is 1060. The molecule has 2 aromatic carbocycles. The third kappa shape index (κ3) is 6.22. The van der Waals surface area contributed by atoms with E-state index in [1.165, 1.54) is 12.4 Å². The first-order valence-electron chi connectivity index (χ1n) is 10.1. The van der Waals surface area contributed by atoms with E-state index in [2.05, 4.69) is 20.4 Å². The molecule has 0 radical (unpaired) electrons. The number of morpholine rings is 1. The second-order valence-electron chi connectivity index (χ2n) is 7.34. The molecule has 11 heteroatoms. The Morgan fingerprint density at radius 1 is 1.21 bits per heavy atom. The van der Waals surface area contributed by atoms with Gasteiger partial charge in [-0.15, -0.1) is 24.0 Å². The SMILES string of the molecule is CN=C(NCc1ccc(-n2cncn2)cc1)N1CCOC(c2cccc(C(F)(F)F)c2)C1.I. The summed E-state index contributed by atoms with van der Waals surface area (Å²) in [6.07, 6.45) is -1.74. The van der Waals surface area contributed by atoms with Gasteiger partial charge in [-0.1, -0.05) is 24.3 Å². The number of nitrogens with zero attached hydrogens (tertiary/aromatic N) is 5. The fraction of sp³-hybridized carbons (Fsp3) is 0.318. The Hall–Kier alpha value is -2.67. The average Bonchev–Trinajstić information content (AvgIpc) is 3.35. The van der Waals surface area contributed by atoms with Crippen molar-refractivity contribution in [2.24, 2.45) is 4.99 Å². The fourth-order valence-electron chi connectivity index (χ4n) is 3.58. The molecule has 2 heterocycles. The van der Waals surface area contributed by atoms with E-state index in [0.29, 0.717) is 37.8 Å². The summed E-state index contributed by atoms with van der Waals surface area (Å²) in [6, 6.07) is 13.2. The van der Waals surface area contributed by atoms with Gasteiger partial charge in [0, 0.05) is 20.1 Å². The van der Waals surface area contributed by atoms with Crippen LogP contribution in [0, 0.1) is 0 Å². The second kappa shape index (κ2) is 11.0. The number of benzene rings is 2. The normalized spacial score (nSPS) is 16.9. The van der Waals surface area contributed by atoms with E-state index in [-0.39, 0.29) is 24.0 Å². The van der Waals surface area contributed by atoms with Gasteiger partial charge in [-0.2, -0.15) is 18.3 Å². The van der Waals surface area contributed by atoms with Gasteiger partial charge in [0.05, 0.1) is 24.4 Å². The molecule has 0 spiro atoms. The highest BCUT2D eigenvalue weighted by atomic mass is 127. The van der Waals surface area contributed by atoms with Crippen LogP contribution in [0.3, 0.4) is 0 Å². The molecule has 7 nitrogen and oxygen atoms in total. The van der Waals surface area contributed by atoms with Gasteiger partial charge in [0.2, 0.25) is 0 Å². The van der Waals surface area contributed by atoms with Gasteiger partial charge in [0.1, 0.15) is 18.8 Å². The van der Waals surface area contributed by atoms with Crippen LogP contribution in [0.1, 0.15) is 22.8 Å². The first kappa shape index (κ1) is 25.0. The molecule has 1 aliphatic rings. The number of rotatable bonds is 4. The van der Waals surface area contributed by atoms with Gasteiger partial charge in [0.15, 0.2) is 5.96 Å². The van der Waals surface area contributed by atoms with Crippen molar-refractivity contribution < 1.29 is 17.9 Å². The highest BCUT2D eigenvalue weighted by Crippen LogP contribution is 2.32. The van der Waals surface area contributed by atoms with Crippen molar-refractivity contribution in [1.29, 1.82) is 0 Å². The molecule has 33 heavy (non-hydrogen) atoms. The largest absolute Gasteiger partial charge is 0.416 e. The Balaban J connectivity index is 0.00000306. The second-order valence-corrected chi connectivity index (χ2v) is 7.34. The van der Waals surface area contributed by atoms with Crippen LogP contribution in [0.5, 0.6) is 0 Å². The number of hydrogen-bond acceptors (Lipinski definition) is 4. The minimum Gasteiger partial charge on any atom is -0.370 e. The zero-order valence-electron chi connectivity index (χ0n) is 17.9. The highest BCUT2D eigenvalue weighted by Gasteiger charge is 2.32. The summed E-state index contributed by atoms with van der Waals surface area (Å²) in [4.78, 5) is 10.3. The van der Waals surface area contributed by atoms with Gasteiger partial charge in [-0.25, -0.2) is 9.67 Å². The number of halogens is 4. The van der Waals surface area contributed by atoms with Crippen LogP contribution in [0.2, 0.25) is 0 Å². The van der Waals surface area contributed by atoms with Crippen molar-refractivity contribution in [2.45, 2.75) is 18.8 Å². The minimum atomic E-state index is -4.38. The van der Waals surface area contributed by atoms with Crippen molar-refractivity contribution in [2.75, 3.05) is 26.7 Å². The topological polar surface area (TPSA) is 67.6 Å². The quantitative estimate of drug-likeness (QED) is 0.291. The number of nitrogens with one attached hydrogen (secondary N) is 1. The lowest BCUT2D eigenvalue weighted by atomic mass is 10.0. The van der Waals surface area contributed by atoms with Gasteiger partial charge >= 0.3 is 6.18 Å². The lowest BCUT2D eigenvalue weighted by Crippen LogP contribution is -2.48. The fourth-order valence-corrected chi connectivity index (χ4v) is 3.58. The molecule has 3 aromatic rings. The predicted octanol–water partition coefficient (Wildman–Crippen LogP) is 4.05. The standard InChI is InChI=1S/C22H23F3N6O.HI/c1-26-21(28-12-16-5-7-19(8-6-16)31-15-27-14-29-31)30-9-10-32-20(13-30)17-3-2-4-18(11-17)22(23,24)25;/h2-8,11,14-15,20H,9-10,12-13H2,1H3,(H,26,28);1H. The van der Waals surface area contributed by atoms with Crippen LogP contribution < -0.4 is 5.32 Å². The minimum absolute atomic E-state index is 0. The summed E-state index contributed by atoms with van der Waals surface area (Å²) in [7, 11) is 1.69. The molecule has 1 unspecified atom stereocenters. The van der Waals surface area contributed by atoms with Crippen LogP contribution in [-0.4, -0.2) is 52.4 Å². The number of ether oxygens (including phenoxy) is 1. The number of aromatic nitrogens is 3. The van der Waals surface area contributed by atoms with E-state index >= 15 is 0 Å². The zero-order chi connectivity index (χ0) is 22.6. The average molecular weight is 572 g/mol. The van der Waals surface area contributed by atoms with Crippen LogP contribution in [-0.2, 0) is 17.5 Å². The maximum absolute atomic E-state index is 13.1.